The Morgan fingerprint density at radius 1 is 1.27 bits per heavy atom. The summed E-state index contributed by atoms with van der Waals surface area (Å²) in [5.41, 5.74) is 1.11. The molecule has 0 radical (unpaired) electrons. The first-order valence-electron chi connectivity index (χ1n) is 7.36. The third kappa shape index (κ3) is 2.80. The minimum absolute atomic E-state index is 0.155. The van der Waals surface area contributed by atoms with Crippen LogP contribution in [-0.2, 0) is 12.0 Å². The zero-order valence-electron chi connectivity index (χ0n) is 12.1. The Balaban J connectivity index is 1.75. The number of aryl methyl sites for hydroxylation is 1. The Kier molecular flexibility index (Phi) is 3.81. The van der Waals surface area contributed by atoms with E-state index in [9.17, 15) is 14.7 Å². The largest absolute Gasteiger partial charge is 0.383 e. The molecule has 0 fully saturated rings. The molecule has 1 aromatic heterocycles. The lowest BCUT2D eigenvalue weighted by molar-refractivity contribution is 0.0189. The first kappa shape index (κ1) is 14.5. The van der Waals surface area contributed by atoms with Crippen LogP contribution in [0, 0.1) is 0 Å². The van der Waals surface area contributed by atoms with E-state index in [0.29, 0.717) is 12.0 Å². The van der Waals surface area contributed by atoms with Crippen molar-refractivity contribution in [2.75, 3.05) is 6.54 Å². The summed E-state index contributed by atoms with van der Waals surface area (Å²) < 4.78 is 0. The molecule has 0 spiro atoms. The summed E-state index contributed by atoms with van der Waals surface area (Å²) in [5, 5.41) is 13.6. The third-order valence-corrected chi connectivity index (χ3v) is 4.14. The Hall–Kier alpha value is -2.40. The fourth-order valence-corrected chi connectivity index (χ4v) is 2.96. The first-order valence-corrected chi connectivity index (χ1v) is 7.36. The SMILES string of the molecule is O=C(NC[C@@]1(O)CCCc2ccccc21)c1ccc(=O)[nH]c1. The van der Waals surface area contributed by atoms with Crippen LogP contribution in [0.5, 0.6) is 0 Å². The van der Waals surface area contributed by atoms with Crippen LogP contribution in [0.2, 0.25) is 0 Å². The second-order valence-corrected chi connectivity index (χ2v) is 5.67. The van der Waals surface area contributed by atoms with Crippen LogP contribution >= 0.6 is 0 Å². The number of aromatic amines is 1. The van der Waals surface area contributed by atoms with Crippen molar-refractivity contribution in [3.05, 3.63) is 69.6 Å². The highest BCUT2D eigenvalue weighted by molar-refractivity contribution is 5.93. The number of fused-ring (bicyclic) bond motifs is 1. The average Bonchev–Trinajstić information content (AvgIpc) is 2.54. The predicted molar refractivity (Wildman–Crippen MR) is 82.7 cm³/mol. The van der Waals surface area contributed by atoms with Crippen LogP contribution in [0.3, 0.4) is 0 Å². The number of carbonyl (C=O) groups excluding carboxylic acids is 1. The molecule has 1 aromatic carbocycles. The highest BCUT2D eigenvalue weighted by Gasteiger charge is 2.34. The van der Waals surface area contributed by atoms with Gasteiger partial charge in [0, 0.05) is 12.3 Å². The summed E-state index contributed by atoms with van der Waals surface area (Å²) in [6, 6.07) is 10.6. The average molecular weight is 298 g/mol. The van der Waals surface area contributed by atoms with Crippen LogP contribution in [0.25, 0.3) is 0 Å². The number of nitrogens with one attached hydrogen (secondary N) is 2. The molecule has 22 heavy (non-hydrogen) atoms. The molecule has 0 aliphatic heterocycles. The van der Waals surface area contributed by atoms with Gasteiger partial charge in [0.15, 0.2) is 0 Å². The zero-order valence-corrected chi connectivity index (χ0v) is 12.1. The van der Waals surface area contributed by atoms with Gasteiger partial charge >= 0.3 is 0 Å². The topological polar surface area (TPSA) is 82.2 Å². The molecule has 1 amide bonds. The number of carbonyl (C=O) groups is 1. The van der Waals surface area contributed by atoms with Crippen LogP contribution in [0.15, 0.2) is 47.4 Å². The zero-order chi connectivity index (χ0) is 15.6. The van der Waals surface area contributed by atoms with Crippen molar-refractivity contribution >= 4 is 5.91 Å². The van der Waals surface area contributed by atoms with Crippen LogP contribution in [0.1, 0.15) is 34.3 Å². The third-order valence-electron chi connectivity index (χ3n) is 4.14. The van der Waals surface area contributed by atoms with Crippen molar-refractivity contribution in [1.29, 1.82) is 0 Å². The van der Waals surface area contributed by atoms with E-state index in [2.05, 4.69) is 10.3 Å². The van der Waals surface area contributed by atoms with Crippen molar-refractivity contribution in [2.45, 2.75) is 24.9 Å². The van der Waals surface area contributed by atoms with E-state index in [0.717, 1.165) is 24.0 Å². The van der Waals surface area contributed by atoms with Crippen molar-refractivity contribution in [2.24, 2.45) is 0 Å². The Bertz CT molecular complexity index is 733. The van der Waals surface area contributed by atoms with Crippen molar-refractivity contribution < 1.29 is 9.90 Å². The number of aromatic nitrogens is 1. The molecular weight excluding hydrogens is 280 g/mol. The molecule has 0 bridgehead atoms. The molecule has 2 aromatic rings. The summed E-state index contributed by atoms with van der Waals surface area (Å²) in [7, 11) is 0. The van der Waals surface area contributed by atoms with Gasteiger partial charge < -0.3 is 15.4 Å². The predicted octanol–water partition coefficient (Wildman–Crippen LogP) is 1.33. The number of amides is 1. The Labute approximate surface area is 128 Å². The normalized spacial score (nSPS) is 20.2. The number of hydrogen-bond donors (Lipinski definition) is 3. The summed E-state index contributed by atoms with van der Waals surface area (Å²) >= 11 is 0. The lowest BCUT2D eigenvalue weighted by atomic mass is 9.79. The molecule has 3 rings (SSSR count). The quantitative estimate of drug-likeness (QED) is 0.799. The van der Waals surface area contributed by atoms with Gasteiger partial charge in [0.25, 0.3) is 5.91 Å². The molecule has 1 aliphatic carbocycles. The molecule has 5 heteroatoms. The van der Waals surface area contributed by atoms with E-state index in [1.807, 2.05) is 24.3 Å². The molecule has 0 saturated heterocycles. The maximum atomic E-state index is 12.1. The van der Waals surface area contributed by atoms with Crippen molar-refractivity contribution in [3.8, 4) is 0 Å². The molecule has 0 unspecified atom stereocenters. The number of pyridine rings is 1. The molecular formula is C17H18N2O3. The number of aliphatic hydroxyl groups is 1. The second-order valence-electron chi connectivity index (χ2n) is 5.67. The van der Waals surface area contributed by atoms with Crippen LogP contribution < -0.4 is 10.9 Å². The Morgan fingerprint density at radius 3 is 2.86 bits per heavy atom. The molecule has 1 heterocycles. The number of hydrogen-bond acceptors (Lipinski definition) is 3. The summed E-state index contributed by atoms with van der Waals surface area (Å²) in [5.74, 6) is -0.312. The highest BCUT2D eigenvalue weighted by atomic mass is 16.3. The number of rotatable bonds is 3. The molecule has 1 atom stereocenters. The minimum Gasteiger partial charge on any atom is -0.383 e. The molecule has 114 valence electrons. The summed E-state index contributed by atoms with van der Waals surface area (Å²) in [6.07, 6.45) is 3.83. The van der Waals surface area contributed by atoms with Crippen molar-refractivity contribution in [3.63, 3.8) is 0 Å². The van der Waals surface area contributed by atoms with E-state index in [1.54, 1.807) is 0 Å². The maximum Gasteiger partial charge on any atom is 0.252 e. The Morgan fingerprint density at radius 2 is 2.09 bits per heavy atom. The van der Waals surface area contributed by atoms with Gasteiger partial charge in [0.05, 0.1) is 12.1 Å². The summed E-state index contributed by atoms with van der Waals surface area (Å²) in [6.45, 7) is 0.155. The van der Waals surface area contributed by atoms with E-state index in [-0.39, 0.29) is 18.0 Å². The van der Waals surface area contributed by atoms with Gasteiger partial charge in [0.1, 0.15) is 5.60 Å². The molecule has 0 saturated carbocycles. The van der Waals surface area contributed by atoms with E-state index in [4.69, 9.17) is 0 Å². The highest BCUT2D eigenvalue weighted by Crippen LogP contribution is 2.34. The lowest BCUT2D eigenvalue weighted by Crippen LogP contribution is -2.43. The van der Waals surface area contributed by atoms with E-state index < -0.39 is 5.60 Å². The van der Waals surface area contributed by atoms with Gasteiger partial charge in [-0.1, -0.05) is 24.3 Å². The number of H-pyrrole nitrogens is 1. The molecule has 5 nitrogen and oxygen atoms in total. The van der Waals surface area contributed by atoms with Crippen LogP contribution in [-0.4, -0.2) is 22.5 Å². The standard InChI is InChI=1S/C17H18N2O3/c20-15-8-7-13(10-18-15)16(21)19-11-17(22)9-3-5-12-4-1-2-6-14(12)17/h1-2,4,6-8,10,22H,3,5,9,11H2,(H,18,20)(H,19,21)/t17-/m0/s1. The monoisotopic (exact) mass is 298 g/mol. The van der Waals surface area contributed by atoms with Crippen molar-refractivity contribution in [1.82, 2.24) is 10.3 Å². The molecule has 1 aliphatic rings. The minimum atomic E-state index is -1.04. The first-order chi connectivity index (χ1) is 10.6. The second kappa shape index (κ2) is 5.77. The fraction of sp³-hybridized carbons (Fsp3) is 0.294. The van der Waals surface area contributed by atoms with Gasteiger partial charge in [0.2, 0.25) is 5.56 Å². The molecule has 3 N–H and O–H groups in total. The van der Waals surface area contributed by atoms with Gasteiger partial charge in [-0.3, -0.25) is 9.59 Å². The smallest absolute Gasteiger partial charge is 0.252 e. The maximum absolute atomic E-state index is 12.1. The van der Waals surface area contributed by atoms with Gasteiger partial charge in [-0.05, 0) is 36.5 Å². The van der Waals surface area contributed by atoms with E-state index in [1.165, 1.54) is 18.3 Å². The van der Waals surface area contributed by atoms with E-state index >= 15 is 0 Å². The van der Waals surface area contributed by atoms with Gasteiger partial charge in [-0.2, -0.15) is 0 Å². The summed E-state index contributed by atoms with van der Waals surface area (Å²) in [4.78, 5) is 25.6. The fourth-order valence-electron chi connectivity index (χ4n) is 2.96. The van der Waals surface area contributed by atoms with Crippen LogP contribution in [0.4, 0.5) is 0 Å². The van der Waals surface area contributed by atoms with Gasteiger partial charge in [-0.15, -0.1) is 0 Å². The van der Waals surface area contributed by atoms with Gasteiger partial charge in [-0.25, -0.2) is 0 Å². The number of benzene rings is 1. The lowest BCUT2D eigenvalue weighted by Gasteiger charge is -2.34.